The second-order valence-electron chi connectivity index (χ2n) is 8.19. The van der Waals surface area contributed by atoms with Crippen molar-refractivity contribution >= 4 is 0 Å². The average Bonchev–Trinajstić information content (AvgIpc) is 2.31. The number of hydrogen-bond donors (Lipinski definition) is 4. The summed E-state index contributed by atoms with van der Waals surface area (Å²) in [6.07, 6.45) is 7.42. The maximum atomic E-state index is 6.74. The molecule has 1 saturated carbocycles. The normalized spacial score (nSPS) is 35.0. The second-order valence-corrected chi connectivity index (χ2v) is 8.19. The zero-order valence-electron chi connectivity index (χ0n) is 13.8. The molecule has 8 N–H and O–H groups in total. The van der Waals surface area contributed by atoms with Crippen LogP contribution in [0.4, 0.5) is 0 Å². The van der Waals surface area contributed by atoms with Crippen molar-refractivity contribution in [3.63, 3.8) is 0 Å². The molecule has 1 aliphatic rings. The molecule has 4 nitrogen and oxygen atoms in total. The van der Waals surface area contributed by atoms with Crippen molar-refractivity contribution in [3.8, 4) is 0 Å². The van der Waals surface area contributed by atoms with Crippen molar-refractivity contribution in [1.82, 2.24) is 0 Å². The van der Waals surface area contributed by atoms with E-state index in [0.717, 1.165) is 51.5 Å². The second kappa shape index (κ2) is 6.73. The lowest BCUT2D eigenvalue weighted by Gasteiger charge is -2.53. The summed E-state index contributed by atoms with van der Waals surface area (Å²) in [5.74, 6) is 0. The molecule has 0 amide bonds. The van der Waals surface area contributed by atoms with Crippen molar-refractivity contribution in [2.45, 2.75) is 77.3 Å². The summed E-state index contributed by atoms with van der Waals surface area (Å²) in [6.45, 7) is 8.30. The van der Waals surface area contributed by atoms with E-state index >= 15 is 0 Å². The smallest absolute Gasteiger partial charge is 0.0318 e. The maximum absolute atomic E-state index is 6.74. The Kier molecular flexibility index (Phi) is 6.02. The van der Waals surface area contributed by atoms with Gasteiger partial charge in [0.25, 0.3) is 0 Å². The largest absolute Gasteiger partial charge is 0.330 e. The van der Waals surface area contributed by atoms with E-state index in [0.29, 0.717) is 6.54 Å². The molecule has 1 aliphatic carbocycles. The van der Waals surface area contributed by atoms with E-state index in [2.05, 4.69) is 20.8 Å². The minimum atomic E-state index is -0.279. The summed E-state index contributed by atoms with van der Waals surface area (Å²) < 4.78 is 0. The molecule has 20 heavy (non-hydrogen) atoms. The van der Waals surface area contributed by atoms with Crippen LogP contribution < -0.4 is 22.9 Å². The highest BCUT2D eigenvalue weighted by Crippen LogP contribution is 2.50. The Labute approximate surface area is 125 Å². The first-order chi connectivity index (χ1) is 9.16. The van der Waals surface area contributed by atoms with E-state index < -0.39 is 0 Å². The van der Waals surface area contributed by atoms with E-state index in [1.807, 2.05) is 0 Å². The monoisotopic (exact) mass is 284 g/mol. The molecule has 0 saturated heterocycles. The van der Waals surface area contributed by atoms with Crippen LogP contribution in [0.1, 0.15) is 65.7 Å². The molecule has 0 heterocycles. The van der Waals surface area contributed by atoms with Gasteiger partial charge in [0.15, 0.2) is 0 Å². The Hall–Kier alpha value is -0.160. The highest BCUT2D eigenvalue weighted by molar-refractivity contribution is 5.07. The fraction of sp³-hybridized carbons (Fsp3) is 1.00. The van der Waals surface area contributed by atoms with E-state index in [9.17, 15) is 0 Å². The van der Waals surface area contributed by atoms with Crippen LogP contribution in [0.15, 0.2) is 0 Å². The van der Waals surface area contributed by atoms with Crippen LogP contribution in [0, 0.1) is 10.8 Å². The maximum Gasteiger partial charge on any atom is 0.0318 e. The van der Waals surface area contributed by atoms with E-state index in [1.165, 1.54) is 0 Å². The van der Waals surface area contributed by atoms with Crippen LogP contribution in [-0.2, 0) is 0 Å². The third-order valence-corrected chi connectivity index (χ3v) is 4.92. The van der Waals surface area contributed by atoms with Gasteiger partial charge in [0.2, 0.25) is 0 Å². The summed E-state index contributed by atoms with van der Waals surface area (Å²) >= 11 is 0. The number of hydrogen-bond acceptors (Lipinski definition) is 4. The quantitative estimate of drug-likeness (QED) is 0.534. The molecule has 120 valence electrons. The standard InChI is InChI=1S/C16H36N4/c1-14(2)9-15(3,12-18)11-16(20,10-14)13(19)7-5-4-6-8-17/h13H,4-12,17-20H2,1-3H3. The molecule has 0 aromatic rings. The third-order valence-electron chi connectivity index (χ3n) is 4.92. The number of rotatable bonds is 7. The van der Waals surface area contributed by atoms with Gasteiger partial charge in [-0.2, -0.15) is 0 Å². The first-order valence-electron chi connectivity index (χ1n) is 8.11. The Balaban J connectivity index is 2.69. The number of nitrogens with two attached hydrogens (primary N) is 4. The molecular weight excluding hydrogens is 248 g/mol. The van der Waals surface area contributed by atoms with Gasteiger partial charge >= 0.3 is 0 Å². The first-order valence-corrected chi connectivity index (χ1v) is 8.11. The molecule has 1 fully saturated rings. The van der Waals surface area contributed by atoms with E-state index in [4.69, 9.17) is 22.9 Å². The van der Waals surface area contributed by atoms with Gasteiger partial charge in [0.1, 0.15) is 0 Å². The Morgan fingerprint density at radius 1 is 0.950 bits per heavy atom. The summed E-state index contributed by atoms with van der Waals surface area (Å²) in [5, 5.41) is 0. The van der Waals surface area contributed by atoms with Crippen molar-refractivity contribution in [2.24, 2.45) is 33.8 Å². The highest BCUT2D eigenvalue weighted by Gasteiger charge is 2.49. The van der Waals surface area contributed by atoms with Crippen molar-refractivity contribution in [2.75, 3.05) is 13.1 Å². The molecule has 0 spiro atoms. The molecule has 0 radical (unpaired) electrons. The summed E-state index contributed by atoms with van der Waals surface area (Å²) in [4.78, 5) is 0. The molecule has 3 unspecified atom stereocenters. The SMILES string of the molecule is CC1(C)CC(C)(CN)CC(N)(C(N)CCCCCN)C1. The summed E-state index contributed by atoms with van der Waals surface area (Å²) in [7, 11) is 0. The molecule has 0 aliphatic heterocycles. The lowest BCUT2D eigenvalue weighted by molar-refractivity contribution is 0.0278. The van der Waals surface area contributed by atoms with Gasteiger partial charge in [-0.25, -0.2) is 0 Å². The van der Waals surface area contributed by atoms with Crippen molar-refractivity contribution in [3.05, 3.63) is 0 Å². The van der Waals surface area contributed by atoms with Gasteiger partial charge in [0.05, 0.1) is 0 Å². The van der Waals surface area contributed by atoms with Crippen LogP contribution in [0.5, 0.6) is 0 Å². The van der Waals surface area contributed by atoms with Crippen LogP contribution in [-0.4, -0.2) is 24.7 Å². The first kappa shape index (κ1) is 17.9. The van der Waals surface area contributed by atoms with Crippen molar-refractivity contribution in [1.29, 1.82) is 0 Å². The van der Waals surface area contributed by atoms with Gasteiger partial charge in [-0.05, 0) is 56.0 Å². The molecule has 0 aromatic heterocycles. The summed E-state index contributed by atoms with van der Waals surface area (Å²) in [6, 6.07) is 0.0609. The van der Waals surface area contributed by atoms with Crippen molar-refractivity contribution < 1.29 is 0 Å². The molecule has 0 aromatic carbocycles. The minimum Gasteiger partial charge on any atom is -0.330 e. The zero-order valence-corrected chi connectivity index (χ0v) is 13.8. The van der Waals surface area contributed by atoms with Crippen LogP contribution in [0.25, 0.3) is 0 Å². The van der Waals surface area contributed by atoms with Gasteiger partial charge in [-0.1, -0.05) is 33.6 Å². The van der Waals surface area contributed by atoms with E-state index in [-0.39, 0.29) is 22.4 Å². The Morgan fingerprint density at radius 3 is 2.15 bits per heavy atom. The highest BCUT2D eigenvalue weighted by atomic mass is 14.9. The molecule has 1 rings (SSSR count). The topological polar surface area (TPSA) is 104 Å². The molecular formula is C16H36N4. The fourth-order valence-corrected chi connectivity index (χ4v) is 4.41. The molecule has 3 atom stereocenters. The van der Waals surface area contributed by atoms with Gasteiger partial charge in [-0.3, -0.25) is 0 Å². The lowest BCUT2D eigenvalue weighted by atomic mass is 9.56. The molecule has 4 heteroatoms. The van der Waals surface area contributed by atoms with Gasteiger partial charge in [-0.15, -0.1) is 0 Å². The zero-order chi connectivity index (χ0) is 15.4. The lowest BCUT2D eigenvalue weighted by Crippen LogP contribution is -2.63. The van der Waals surface area contributed by atoms with Crippen LogP contribution in [0.2, 0.25) is 0 Å². The predicted molar refractivity (Wildman–Crippen MR) is 87.2 cm³/mol. The van der Waals surface area contributed by atoms with Crippen LogP contribution >= 0.6 is 0 Å². The third kappa shape index (κ3) is 4.69. The van der Waals surface area contributed by atoms with Gasteiger partial charge in [0, 0.05) is 11.6 Å². The Bertz CT molecular complexity index is 305. The predicted octanol–water partition coefficient (Wildman–Crippen LogP) is 1.71. The fourth-order valence-electron chi connectivity index (χ4n) is 4.41. The number of unbranched alkanes of at least 4 members (excludes halogenated alkanes) is 2. The average molecular weight is 284 g/mol. The van der Waals surface area contributed by atoms with Gasteiger partial charge < -0.3 is 22.9 Å². The molecule has 0 bridgehead atoms. The van der Waals surface area contributed by atoms with Crippen LogP contribution in [0.3, 0.4) is 0 Å². The summed E-state index contributed by atoms with van der Waals surface area (Å²) in [5.41, 5.74) is 24.8. The van der Waals surface area contributed by atoms with E-state index in [1.54, 1.807) is 0 Å². The Morgan fingerprint density at radius 2 is 1.60 bits per heavy atom. The minimum absolute atomic E-state index is 0.0609.